The SMILES string of the molecule is Cc1cnc(CNS(=O)(=O)c2ccc(F)c(N)c2F)cn1. The Morgan fingerprint density at radius 3 is 2.57 bits per heavy atom. The van der Waals surface area contributed by atoms with E-state index in [-0.39, 0.29) is 6.54 Å². The van der Waals surface area contributed by atoms with Crippen LogP contribution in [0.2, 0.25) is 0 Å². The van der Waals surface area contributed by atoms with Crippen LogP contribution in [0.15, 0.2) is 29.4 Å². The van der Waals surface area contributed by atoms with E-state index >= 15 is 0 Å². The molecule has 1 heterocycles. The van der Waals surface area contributed by atoms with Gasteiger partial charge in [0.05, 0.1) is 24.1 Å². The normalized spacial score (nSPS) is 11.6. The molecule has 0 radical (unpaired) electrons. The van der Waals surface area contributed by atoms with E-state index in [2.05, 4.69) is 14.7 Å². The van der Waals surface area contributed by atoms with Crippen LogP contribution >= 0.6 is 0 Å². The standard InChI is InChI=1S/C12H12F2N4O2S/c1-7-4-17-8(5-16-7)6-18-21(19,20)10-3-2-9(13)12(15)11(10)14/h2-5,18H,6,15H2,1H3. The number of halogens is 2. The summed E-state index contributed by atoms with van der Waals surface area (Å²) in [6.07, 6.45) is 2.87. The quantitative estimate of drug-likeness (QED) is 0.824. The molecule has 0 bridgehead atoms. The molecule has 0 spiro atoms. The molecule has 0 aliphatic heterocycles. The van der Waals surface area contributed by atoms with Crippen LogP contribution in [-0.2, 0) is 16.6 Å². The molecule has 6 nitrogen and oxygen atoms in total. The second-order valence-electron chi connectivity index (χ2n) is 4.25. The number of hydrogen-bond acceptors (Lipinski definition) is 5. The van der Waals surface area contributed by atoms with Crippen molar-refractivity contribution < 1.29 is 17.2 Å². The number of hydrogen-bond donors (Lipinski definition) is 2. The van der Waals surface area contributed by atoms with Gasteiger partial charge in [0, 0.05) is 6.20 Å². The van der Waals surface area contributed by atoms with Gasteiger partial charge in [0.1, 0.15) is 16.4 Å². The molecule has 0 saturated carbocycles. The molecule has 9 heteroatoms. The maximum absolute atomic E-state index is 13.7. The highest BCUT2D eigenvalue weighted by Gasteiger charge is 2.22. The lowest BCUT2D eigenvalue weighted by molar-refractivity contribution is 0.547. The van der Waals surface area contributed by atoms with Crippen molar-refractivity contribution in [1.82, 2.24) is 14.7 Å². The monoisotopic (exact) mass is 314 g/mol. The third kappa shape index (κ3) is 3.31. The van der Waals surface area contributed by atoms with Crippen molar-refractivity contribution in [1.29, 1.82) is 0 Å². The highest BCUT2D eigenvalue weighted by Crippen LogP contribution is 2.22. The zero-order chi connectivity index (χ0) is 15.6. The van der Waals surface area contributed by atoms with Crippen LogP contribution in [0.1, 0.15) is 11.4 Å². The second-order valence-corrected chi connectivity index (χ2v) is 5.98. The van der Waals surface area contributed by atoms with Gasteiger partial charge in [-0.05, 0) is 19.1 Å². The first-order valence-electron chi connectivity index (χ1n) is 5.82. The summed E-state index contributed by atoms with van der Waals surface area (Å²) >= 11 is 0. The lowest BCUT2D eigenvalue weighted by Gasteiger charge is -2.09. The predicted octanol–water partition coefficient (Wildman–Crippen LogP) is 1.12. The number of nitrogens with two attached hydrogens (primary N) is 1. The van der Waals surface area contributed by atoms with Crippen LogP contribution in [0.25, 0.3) is 0 Å². The number of aromatic nitrogens is 2. The van der Waals surface area contributed by atoms with E-state index in [0.29, 0.717) is 11.4 Å². The molecule has 0 atom stereocenters. The predicted molar refractivity (Wildman–Crippen MR) is 71.6 cm³/mol. The molecule has 0 amide bonds. The molecule has 21 heavy (non-hydrogen) atoms. The first-order valence-corrected chi connectivity index (χ1v) is 7.30. The van der Waals surface area contributed by atoms with Crippen LogP contribution in [0.3, 0.4) is 0 Å². The average molecular weight is 314 g/mol. The summed E-state index contributed by atoms with van der Waals surface area (Å²) in [6, 6.07) is 1.60. The van der Waals surface area contributed by atoms with Crippen molar-refractivity contribution in [3.63, 3.8) is 0 Å². The van der Waals surface area contributed by atoms with Crippen molar-refractivity contribution in [2.24, 2.45) is 0 Å². The highest BCUT2D eigenvalue weighted by atomic mass is 32.2. The Morgan fingerprint density at radius 1 is 1.24 bits per heavy atom. The first kappa shape index (κ1) is 15.3. The van der Waals surface area contributed by atoms with Gasteiger partial charge in [-0.15, -0.1) is 0 Å². The van der Waals surface area contributed by atoms with E-state index in [1.54, 1.807) is 6.92 Å². The third-order valence-electron chi connectivity index (χ3n) is 2.66. The molecule has 0 fully saturated rings. The Bertz CT molecular complexity index is 764. The van der Waals surface area contributed by atoms with Gasteiger partial charge < -0.3 is 5.73 Å². The van der Waals surface area contributed by atoms with Gasteiger partial charge >= 0.3 is 0 Å². The Balaban J connectivity index is 2.23. The third-order valence-corrected chi connectivity index (χ3v) is 4.08. The average Bonchev–Trinajstić information content (AvgIpc) is 2.44. The van der Waals surface area contributed by atoms with E-state index < -0.39 is 32.2 Å². The number of anilines is 1. The van der Waals surface area contributed by atoms with Gasteiger partial charge in [-0.1, -0.05) is 0 Å². The van der Waals surface area contributed by atoms with Crippen LogP contribution in [0.4, 0.5) is 14.5 Å². The molecule has 0 unspecified atom stereocenters. The van der Waals surface area contributed by atoms with Crippen LogP contribution in [0.5, 0.6) is 0 Å². The van der Waals surface area contributed by atoms with Gasteiger partial charge in [-0.2, -0.15) is 0 Å². The van der Waals surface area contributed by atoms with Gasteiger partial charge in [0.2, 0.25) is 10.0 Å². The number of aryl methyl sites for hydroxylation is 1. The van der Waals surface area contributed by atoms with Crippen molar-refractivity contribution in [2.45, 2.75) is 18.4 Å². The number of rotatable bonds is 4. The molecule has 0 saturated heterocycles. The Kier molecular flexibility index (Phi) is 4.14. The fourth-order valence-electron chi connectivity index (χ4n) is 1.51. The molecule has 2 aromatic rings. The fourth-order valence-corrected chi connectivity index (χ4v) is 2.60. The van der Waals surface area contributed by atoms with Crippen molar-refractivity contribution in [3.8, 4) is 0 Å². The number of nitrogens with zero attached hydrogens (tertiary/aromatic N) is 2. The van der Waals surface area contributed by atoms with E-state index in [1.807, 2.05) is 0 Å². The molecular formula is C12H12F2N4O2S. The second kappa shape index (κ2) is 5.70. The number of nitrogens with one attached hydrogen (secondary N) is 1. The van der Waals surface area contributed by atoms with E-state index in [0.717, 1.165) is 12.1 Å². The van der Waals surface area contributed by atoms with E-state index in [4.69, 9.17) is 5.73 Å². The van der Waals surface area contributed by atoms with Gasteiger partial charge in [0.25, 0.3) is 0 Å². The minimum absolute atomic E-state index is 0.174. The molecule has 2 rings (SSSR count). The van der Waals surface area contributed by atoms with Crippen molar-refractivity contribution in [2.75, 3.05) is 5.73 Å². The summed E-state index contributed by atoms with van der Waals surface area (Å²) in [5, 5.41) is 0. The Morgan fingerprint density at radius 2 is 1.95 bits per heavy atom. The minimum Gasteiger partial charge on any atom is -0.394 e. The summed E-state index contributed by atoms with van der Waals surface area (Å²) in [7, 11) is -4.18. The molecule has 0 aliphatic rings. The van der Waals surface area contributed by atoms with Crippen molar-refractivity contribution in [3.05, 3.63) is 47.5 Å². The molecular weight excluding hydrogens is 302 g/mol. The zero-order valence-electron chi connectivity index (χ0n) is 11.0. The molecule has 3 N–H and O–H groups in total. The molecule has 112 valence electrons. The lowest BCUT2D eigenvalue weighted by Crippen LogP contribution is -2.25. The van der Waals surface area contributed by atoms with Gasteiger partial charge in [-0.3, -0.25) is 9.97 Å². The topological polar surface area (TPSA) is 98.0 Å². The summed E-state index contributed by atoms with van der Waals surface area (Å²) in [6.45, 7) is 1.56. The summed E-state index contributed by atoms with van der Waals surface area (Å²) in [5.74, 6) is -2.34. The summed E-state index contributed by atoms with van der Waals surface area (Å²) in [4.78, 5) is 7.20. The van der Waals surface area contributed by atoms with E-state index in [1.165, 1.54) is 12.4 Å². The number of sulfonamides is 1. The summed E-state index contributed by atoms with van der Waals surface area (Å²) in [5.41, 5.74) is 5.34. The maximum Gasteiger partial charge on any atom is 0.243 e. The lowest BCUT2D eigenvalue weighted by atomic mass is 10.3. The van der Waals surface area contributed by atoms with Crippen LogP contribution < -0.4 is 10.5 Å². The zero-order valence-corrected chi connectivity index (χ0v) is 11.8. The fraction of sp³-hybridized carbons (Fsp3) is 0.167. The first-order chi connectivity index (χ1) is 9.81. The number of nitrogen functional groups attached to an aromatic ring is 1. The van der Waals surface area contributed by atoms with Crippen molar-refractivity contribution >= 4 is 15.7 Å². The Hall–Kier alpha value is -2.13. The van der Waals surface area contributed by atoms with Gasteiger partial charge in [0.15, 0.2) is 5.82 Å². The smallest absolute Gasteiger partial charge is 0.243 e. The van der Waals surface area contributed by atoms with E-state index in [9.17, 15) is 17.2 Å². The van der Waals surface area contributed by atoms with Crippen LogP contribution in [0, 0.1) is 18.6 Å². The summed E-state index contributed by atoms with van der Waals surface area (Å²) < 4.78 is 52.9. The molecule has 0 aliphatic carbocycles. The molecule has 1 aromatic heterocycles. The number of benzene rings is 1. The minimum atomic E-state index is -4.18. The maximum atomic E-state index is 13.7. The van der Waals surface area contributed by atoms with Gasteiger partial charge in [-0.25, -0.2) is 21.9 Å². The highest BCUT2D eigenvalue weighted by molar-refractivity contribution is 7.89. The van der Waals surface area contributed by atoms with Crippen LogP contribution in [-0.4, -0.2) is 18.4 Å². The Labute approximate surface area is 120 Å². The largest absolute Gasteiger partial charge is 0.394 e. The molecule has 1 aromatic carbocycles.